The maximum atomic E-state index is 12.9. The third kappa shape index (κ3) is 4.87. The van der Waals surface area contributed by atoms with Crippen LogP contribution in [0.25, 0.3) is 0 Å². The minimum atomic E-state index is -0.478. The molecule has 2 nitrogen and oxygen atoms in total. The number of rotatable bonds is 5. The van der Waals surface area contributed by atoms with E-state index in [1.807, 2.05) is 24.3 Å². The lowest BCUT2D eigenvalue weighted by Gasteiger charge is -2.21. The van der Waals surface area contributed by atoms with E-state index >= 15 is 0 Å². The van der Waals surface area contributed by atoms with Crippen molar-refractivity contribution in [1.29, 1.82) is 0 Å². The second kappa shape index (κ2) is 8.55. The van der Waals surface area contributed by atoms with Crippen molar-refractivity contribution in [3.63, 3.8) is 0 Å². The van der Waals surface area contributed by atoms with Crippen LogP contribution in [0.15, 0.2) is 60.7 Å². The number of carbonyl (C=O) groups excluding carboxylic acids is 1. The molecule has 2 aromatic rings. The third-order valence-corrected chi connectivity index (χ3v) is 4.99. The Balaban J connectivity index is 1.79. The van der Waals surface area contributed by atoms with Crippen LogP contribution in [-0.4, -0.2) is 12.6 Å². The average Bonchev–Trinajstić information content (AvgIpc) is 2.64. The zero-order chi connectivity index (χ0) is 17.6. The number of halogens is 2. The first kappa shape index (κ1) is 18.0. The fraction of sp³-hybridized carbons (Fsp3) is 0.286. The maximum absolute atomic E-state index is 12.9. The van der Waals surface area contributed by atoms with E-state index < -0.39 is 5.92 Å². The molecule has 0 fully saturated rings. The monoisotopic (exact) mass is 374 g/mol. The van der Waals surface area contributed by atoms with E-state index in [4.69, 9.17) is 27.9 Å². The molecule has 1 aliphatic carbocycles. The number of hydrogen-bond acceptors (Lipinski definition) is 2. The van der Waals surface area contributed by atoms with Crippen LogP contribution in [0, 0.1) is 5.92 Å². The van der Waals surface area contributed by atoms with E-state index in [2.05, 4.69) is 12.2 Å². The molecule has 4 heteroatoms. The Morgan fingerprint density at radius 1 is 0.960 bits per heavy atom. The topological polar surface area (TPSA) is 26.3 Å². The first-order chi connectivity index (χ1) is 12.1. The molecule has 0 spiro atoms. The highest BCUT2D eigenvalue weighted by Crippen LogP contribution is 2.29. The molecular formula is C21H20Cl2O2. The summed E-state index contributed by atoms with van der Waals surface area (Å²) < 4.78 is 5.67. The van der Waals surface area contributed by atoms with Crippen molar-refractivity contribution in [1.82, 2.24) is 0 Å². The van der Waals surface area contributed by atoms with E-state index in [1.54, 1.807) is 24.3 Å². The minimum Gasteiger partial charge on any atom is -0.465 e. The normalized spacial score (nSPS) is 16.8. The molecule has 25 heavy (non-hydrogen) atoms. The van der Waals surface area contributed by atoms with Gasteiger partial charge < -0.3 is 4.74 Å². The predicted octanol–water partition coefficient (Wildman–Crippen LogP) is 6.02. The van der Waals surface area contributed by atoms with E-state index in [0.29, 0.717) is 22.6 Å². The standard InChI is InChI=1S/C21H20Cl2O2/c22-18-10-6-16(7-11-18)20(17-8-12-19(23)13-9-17)21(24)25-14-15-4-2-1-3-5-15/h1-2,6-13,15,20H,3-5,14H2. The average molecular weight is 375 g/mol. The van der Waals surface area contributed by atoms with E-state index in [1.165, 1.54) is 0 Å². The molecule has 1 unspecified atom stereocenters. The number of hydrogen-bond donors (Lipinski definition) is 0. The Morgan fingerprint density at radius 3 is 2.00 bits per heavy atom. The van der Waals surface area contributed by atoms with Crippen molar-refractivity contribution in [2.45, 2.75) is 25.2 Å². The minimum absolute atomic E-state index is 0.237. The van der Waals surface area contributed by atoms with Gasteiger partial charge in [0.25, 0.3) is 0 Å². The second-order valence-electron chi connectivity index (χ2n) is 6.32. The molecule has 0 radical (unpaired) electrons. The molecule has 0 amide bonds. The van der Waals surface area contributed by atoms with Gasteiger partial charge in [0.1, 0.15) is 5.92 Å². The third-order valence-electron chi connectivity index (χ3n) is 4.48. The van der Waals surface area contributed by atoms with Crippen LogP contribution in [0.1, 0.15) is 36.3 Å². The zero-order valence-electron chi connectivity index (χ0n) is 13.8. The number of ether oxygens (including phenoxy) is 1. The highest BCUT2D eigenvalue weighted by Gasteiger charge is 2.25. The quantitative estimate of drug-likeness (QED) is 0.472. The lowest BCUT2D eigenvalue weighted by molar-refractivity contribution is -0.145. The van der Waals surface area contributed by atoms with Gasteiger partial charge >= 0.3 is 5.97 Å². The van der Waals surface area contributed by atoms with Crippen LogP contribution in [0.2, 0.25) is 10.0 Å². The lowest BCUT2D eigenvalue weighted by Crippen LogP contribution is -2.21. The van der Waals surface area contributed by atoms with Crippen molar-refractivity contribution >= 4 is 29.2 Å². The van der Waals surface area contributed by atoms with Crippen LogP contribution in [0.3, 0.4) is 0 Å². The number of benzene rings is 2. The summed E-state index contributed by atoms with van der Waals surface area (Å²) in [6, 6.07) is 14.6. The van der Waals surface area contributed by atoms with Gasteiger partial charge in [0.2, 0.25) is 0 Å². The molecule has 2 aromatic carbocycles. The van der Waals surface area contributed by atoms with Crippen molar-refractivity contribution in [2.24, 2.45) is 5.92 Å². The molecule has 0 aliphatic heterocycles. The fourth-order valence-electron chi connectivity index (χ4n) is 3.07. The van der Waals surface area contributed by atoms with Gasteiger partial charge in [-0.05, 0) is 60.6 Å². The molecule has 0 saturated heterocycles. The SMILES string of the molecule is O=C(OCC1CC=CCC1)C(c1ccc(Cl)cc1)c1ccc(Cl)cc1. The molecule has 0 N–H and O–H groups in total. The molecular weight excluding hydrogens is 355 g/mol. The van der Waals surface area contributed by atoms with Crippen LogP contribution in [0.4, 0.5) is 0 Å². The van der Waals surface area contributed by atoms with Gasteiger partial charge in [-0.1, -0.05) is 59.6 Å². The Hall–Kier alpha value is -1.77. The van der Waals surface area contributed by atoms with Crippen molar-refractivity contribution in [2.75, 3.05) is 6.61 Å². The van der Waals surface area contributed by atoms with E-state index in [9.17, 15) is 4.79 Å². The molecule has 1 aliphatic rings. The summed E-state index contributed by atoms with van der Waals surface area (Å²) in [4.78, 5) is 12.9. The lowest BCUT2D eigenvalue weighted by atomic mass is 9.91. The second-order valence-corrected chi connectivity index (χ2v) is 7.19. The molecule has 0 heterocycles. The molecule has 3 rings (SSSR count). The summed E-state index contributed by atoms with van der Waals surface area (Å²) in [5.74, 6) is -0.308. The van der Waals surface area contributed by atoms with Crippen LogP contribution in [0.5, 0.6) is 0 Å². The van der Waals surface area contributed by atoms with Crippen LogP contribution >= 0.6 is 23.2 Å². The summed E-state index contributed by atoms with van der Waals surface area (Å²) in [7, 11) is 0. The highest BCUT2D eigenvalue weighted by molar-refractivity contribution is 6.30. The molecule has 0 aromatic heterocycles. The number of esters is 1. The molecule has 1 atom stereocenters. The Labute approximate surface area is 158 Å². The van der Waals surface area contributed by atoms with Crippen LogP contribution in [-0.2, 0) is 9.53 Å². The summed E-state index contributed by atoms with van der Waals surface area (Å²) in [5, 5.41) is 1.28. The fourth-order valence-corrected chi connectivity index (χ4v) is 3.32. The Kier molecular flexibility index (Phi) is 6.17. The van der Waals surface area contributed by atoms with E-state index in [0.717, 1.165) is 30.4 Å². The summed E-state index contributed by atoms with van der Waals surface area (Å²) in [5.41, 5.74) is 1.72. The molecule has 130 valence electrons. The summed E-state index contributed by atoms with van der Waals surface area (Å²) in [6.45, 7) is 0.459. The van der Waals surface area contributed by atoms with Gasteiger partial charge in [-0.3, -0.25) is 4.79 Å². The van der Waals surface area contributed by atoms with Gasteiger partial charge in [0, 0.05) is 10.0 Å². The highest BCUT2D eigenvalue weighted by atomic mass is 35.5. The Morgan fingerprint density at radius 2 is 1.52 bits per heavy atom. The van der Waals surface area contributed by atoms with Gasteiger partial charge in [-0.25, -0.2) is 0 Å². The van der Waals surface area contributed by atoms with Gasteiger partial charge in [-0.2, -0.15) is 0 Å². The van der Waals surface area contributed by atoms with E-state index in [-0.39, 0.29) is 5.97 Å². The van der Waals surface area contributed by atoms with Crippen molar-refractivity contribution < 1.29 is 9.53 Å². The van der Waals surface area contributed by atoms with Crippen molar-refractivity contribution in [3.05, 3.63) is 81.9 Å². The Bertz CT molecular complexity index is 690. The first-order valence-electron chi connectivity index (χ1n) is 8.46. The smallest absolute Gasteiger partial charge is 0.317 e. The number of allylic oxidation sites excluding steroid dienone is 2. The zero-order valence-corrected chi connectivity index (χ0v) is 15.3. The largest absolute Gasteiger partial charge is 0.465 e. The van der Waals surface area contributed by atoms with Crippen molar-refractivity contribution in [3.8, 4) is 0 Å². The van der Waals surface area contributed by atoms with Gasteiger partial charge in [0.05, 0.1) is 6.61 Å². The molecule has 0 bridgehead atoms. The predicted molar refractivity (Wildman–Crippen MR) is 102 cm³/mol. The van der Waals surface area contributed by atoms with Gasteiger partial charge in [-0.15, -0.1) is 0 Å². The first-order valence-corrected chi connectivity index (χ1v) is 9.21. The van der Waals surface area contributed by atoms with Crippen LogP contribution < -0.4 is 0 Å². The summed E-state index contributed by atoms with van der Waals surface area (Å²) in [6.07, 6.45) is 7.44. The number of carbonyl (C=O) groups is 1. The van der Waals surface area contributed by atoms with Gasteiger partial charge in [0.15, 0.2) is 0 Å². The maximum Gasteiger partial charge on any atom is 0.317 e. The molecule has 0 saturated carbocycles. The summed E-state index contributed by atoms with van der Waals surface area (Å²) >= 11 is 12.0.